The van der Waals surface area contributed by atoms with Crippen molar-refractivity contribution < 1.29 is 9.31 Å². The van der Waals surface area contributed by atoms with Crippen molar-refractivity contribution in [1.29, 1.82) is 0 Å². The second kappa shape index (κ2) is 2.79. The first kappa shape index (κ1) is 9.08. The van der Waals surface area contributed by atoms with E-state index in [1.54, 1.807) is 0 Å². The van der Waals surface area contributed by atoms with Gasteiger partial charge in [-0.1, -0.05) is 13.8 Å². The summed E-state index contributed by atoms with van der Waals surface area (Å²) in [6.45, 7) is 10.4. The summed E-state index contributed by atoms with van der Waals surface area (Å²) in [5.41, 5.74) is -0.116. The Hall–Kier alpha value is -0.0151. The van der Waals surface area contributed by atoms with Gasteiger partial charge in [0.1, 0.15) is 0 Å². The van der Waals surface area contributed by atoms with Crippen LogP contribution in [-0.2, 0) is 9.31 Å². The van der Waals surface area contributed by atoms with Crippen LogP contribution in [0.2, 0.25) is 5.82 Å². The molecule has 1 aliphatic heterocycles. The highest BCUT2D eigenvalue weighted by atomic mass is 16.7. The van der Waals surface area contributed by atoms with Crippen molar-refractivity contribution in [3.05, 3.63) is 0 Å². The van der Waals surface area contributed by atoms with Gasteiger partial charge in [0.2, 0.25) is 0 Å². The van der Waals surface area contributed by atoms with Crippen LogP contribution in [0.3, 0.4) is 0 Å². The van der Waals surface area contributed by atoms with Crippen molar-refractivity contribution in [2.45, 2.75) is 52.1 Å². The Kier molecular flexibility index (Phi) is 2.31. The van der Waals surface area contributed by atoms with Crippen molar-refractivity contribution in [2.75, 3.05) is 0 Å². The lowest BCUT2D eigenvalue weighted by atomic mass is 9.75. The minimum Gasteiger partial charge on any atom is -0.406 e. The summed E-state index contributed by atoms with van der Waals surface area (Å²) >= 11 is 0. The summed E-state index contributed by atoms with van der Waals surface area (Å²) in [6, 6.07) is 0. The molecule has 0 aromatic rings. The van der Waals surface area contributed by atoms with E-state index in [-0.39, 0.29) is 18.8 Å². The fraction of sp³-hybridized carbons (Fsp3) is 1.00. The molecule has 1 unspecified atom stereocenters. The summed E-state index contributed by atoms with van der Waals surface area (Å²) in [4.78, 5) is 0. The van der Waals surface area contributed by atoms with E-state index in [9.17, 15) is 0 Å². The van der Waals surface area contributed by atoms with Crippen LogP contribution in [0.5, 0.6) is 0 Å². The molecule has 1 rings (SSSR count). The third-order valence-electron chi connectivity index (χ3n) is 2.28. The van der Waals surface area contributed by atoms with Crippen LogP contribution in [0.15, 0.2) is 0 Å². The van der Waals surface area contributed by atoms with Crippen molar-refractivity contribution in [3.63, 3.8) is 0 Å². The molecule has 0 aromatic carbocycles. The molecule has 0 saturated carbocycles. The standard InChI is InChI=1S/C8H17BO2/c1-6(2)9-10-7(3)8(4,5)11-9/h6-7H,1-5H3. The zero-order valence-electron chi connectivity index (χ0n) is 8.05. The largest absolute Gasteiger partial charge is 0.460 e. The molecule has 1 aliphatic rings. The second-order valence-corrected chi connectivity index (χ2v) is 4.11. The predicted octanol–water partition coefficient (Wildman–Crippen LogP) is 2.10. The summed E-state index contributed by atoms with van der Waals surface area (Å²) in [6.07, 6.45) is 0.204. The van der Waals surface area contributed by atoms with Crippen LogP contribution in [0, 0.1) is 0 Å². The minimum absolute atomic E-state index is 0.0139. The Morgan fingerprint density at radius 2 is 1.91 bits per heavy atom. The van der Waals surface area contributed by atoms with E-state index >= 15 is 0 Å². The Balaban J connectivity index is 2.57. The molecule has 0 amide bonds. The summed E-state index contributed by atoms with van der Waals surface area (Å²) < 4.78 is 11.3. The molecule has 0 aliphatic carbocycles. The third kappa shape index (κ3) is 1.77. The second-order valence-electron chi connectivity index (χ2n) is 4.11. The molecule has 0 bridgehead atoms. The molecule has 2 nitrogen and oxygen atoms in total. The Labute approximate surface area is 69.4 Å². The topological polar surface area (TPSA) is 18.5 Å². The van der Waals surface area contributed by atoms with E-state index in [1.165, 1.54) is 0 Å². The normalized spacial score (nSPS) is 30.0. The van der Waals surface area contributed by atoms with Gasteiger partial charge in [-0.3, -0.25) is 0 Å². The highest BCUT2D eigenvalue weighted by Crippen LogP contribution is 2.31. The molecule has 0 spiro atoms. The van der Waals surface area contributed by atoms with Gasteiger partial charge < -0.3 is 9.31 Å². The van der Waals surface area contributed by atoms with Gasteiger partial charge in [-0.05, 0) is 26.6 Å². The lowest BCUT2D eigenvalue weighted by molar-refractivity contribution is 0.0838. The summed E-state index contributed by atoms with van der Waals surface area (Å²) in [5, 5.41) is 0. The monoisotopic (exact) mass is 156 g/mol. The van der Waals surface area contributed by atoms with E-state index in [0.29, 0.717) is 5.82 Å². The first-order chi connectivity index (χ1) is 4.93. The smallest absolute Gasteiger partial charge is 0.406 e. The molecule has 11 heavy (non-hydrogen) atoms. The molecule has 0 N–H and O–H groups in total. The maximum absolute atomic E-state index is 5.70. The first-order valence-corrected chi connectivity index (χ1v) is 4.27. The zero-order valence-corrected chi connectivity index (χ0v) is 8.05. The van der Waals surface area contributed by atoms with Gasteiger partial charge in [0, 0.05) is 0 Å². The quantitative estimate of drug-likeness (QED) is 0.541. The Morgan fingerprint density at radius 1 is 1.36 bits per heavy atom. The van der Waals surface area contributed by atoms with Crippen LogP contribution >= 0.6 is 0 Å². The Morgan fingerprint density at radius 3 is 2.09 bits per heavy atom. The van der Waals surface area contributed by atoms with E-state index in [1.807, 2.05) is 0 Å². The highest BCUT2D eigenvalue weighted by Gasteiger charge is 2.44. The predicted molar refractivity (Wildman–Crippen MR) is 46.6 cm³/mol. The van der Waals surface area contributed by atoms with Crippen molar-refractivity contribution in [2.24, 2.45) is 0 Å². The van der Waals surface area contributed by atoms with Gasteiger partial charge in [-0.15, -0.1) is 0 Å². The fourth-order valence-corrected chi connectivity index (χ4v) is 1.08. The number of rotatable bonds is 1. The van der Waals surface area contributed by atoms with Gasteiger partial charge in [0.25, 0.3) is 0 Å². The van der Waals surface area contributed by atoms with Gasteiger partial charge >= 0.3 is 7.12 Å². The van der Waals surface area contributed by atoms with E-state index < -0.39 is 0 Å². The molecule has 1 atom stereocenters. The van der Waals surface area contributed by atoms with Crippen LogP contribution in [0.4, 0.5) is 0 Å². The molecular formula is C8H17BO2. The van der Waals surface area contributed by atoms with Gasteiger partial charge in [0.05, 0.1) is 11.7 Å². The maximum Gasteiger partial charge on any atom is 0.460 e. The van der Waals surface area contributed by atoms with Crippen molar-refractivity contribution in [3.8, 4) is 0 Å². The van der Waals surface area contributed by atoms with E-state index in [0.717, 1.165) is 0 Å². The number of hydrogen-bond donors (Lipinski definition) is 0. The molecule has 1 heterocycles. The first-order valence-electron chi connectivity index (χ1n) is 4.27. The number of hydrogen-bond acceptors (Lipinski definition) is 2. The van der Waals surface area contributed by atoms with Gasteiger partial charge in [0.15, 0.2) is 0 Å². The van der Waals surface area contributed by atoms with Crippen molar-refractivity contribution in [1.82, 2.24) is 0 Å². The molecular weight excluding hydrogens is 139 g/mol. The maximum atomic E-state index is 5.70. The average molecular weight is 156 g/mol. The molecule has 0 radical (unpaired) electrons. The lowest BCUT2D eigenvalue weighted by Gasteiger charge is -2.21. The summed E-state index contributed by atoms with van der Waals surface area (Å²) in [7, 11) is -0.0139. The molecule has 64 valence electrons. The van der Waals surface area contributed by atoms with Crippen LogP contribution in [-0.4, -0.2) is 18.8 Å². The lowest BCUT2D eigenvalue weighted by Crippen LogP contribution is -2.30. The Bertz CT molecular complexity index is 145. The van der Waals surface area contributed by atoms with Crippen LogP contribution < -0.4 is 0 Å². The van der Waals surface area contributed by atoms with Gasteiger partial charge in [-0.2, -0.15) is 0 Å². The fourth-order valence-electron chi connectivity index (χ4n) is 1.08. The average Bonchev–Trinajstić information content (AvgIpc) is 2.08. The van der Waals surface area contributed by atoms with Gasteiger partial charge in [-0.25, -0.2) is 0 Å². The van der Waals surface area contributed by atoms with E-state index in [2.05, 4.69) is 34.6 Å². The summed E-state index contributed by atoms with van der Waals surface area (Å²) in [5.74, 6) is 0.444. The highest BCUT2D eigenvalue weighted by molar-refractivity contribution is 6.47. The zero-order chi connectivity index (χ0) is 8.65. The molecule has 3 heteroatoms. The molecule has 1 saturated heterocycles. The third-order valence-corrected chi connectivity index (χ3v) is 2.28. The molecule has 1 fully saturated rings. The van der Waals surface area contributed by atoms with Crippen LogP contribution in [0.1, 0.15) is 34.6 Å². The van der Waals surface area contributed by atoms with E-state index in [4.69, 9.17) is 9.31 Å². The SMILES string of the molecule is CC(C)B1OC(C)C(C)(C)O1. The van der Waals surface area contributed by atoms with Crippen LogP contribution in [0.25, 0.3) is 0 Å². The van der Waals surface area contributed by atoms with Crippen molar-refractivity contribution >= 4 is 7.12 Å². The molecule has 0 aromatic heterocycles. The minimum atomic E-state index is -0.116.